The van der Waals surface area contributed by atoms with Crippen molar-refractivity contribution in [2.75, 3.05) is 6.54 Å². The van der Waals surface area contributed by atoms with Crippen molar-refractivity contribution >= 4 is 29.2 Å². The molecule has 124 valence electrons. The minimum absolute atomic E-state index is 0.128. The summed E-state index contributed by atoms with van der Waals surface area (Å²) in [6.07, 6.45) is 0. The van der Waals surface area contributed by atoms with Crippen LogP contribution in [0.25, 0.3) is 0 Å². The minimum Gasteiger partial charge on any atom is -0.447 e. The van der Waals surface area contributed by atoms with E-state index in [1.54, 1.807) is 12.1 Å². The fourth-order valence-corrected chi connectivity index (χ4v) is 2.93. The second kappa shape index (κ2) is 6.24. The smallest absolute Gasteiger partial charge is 0.300 e. The minimum atomic E-state index is -0.887. The molecular formula is C18H18ClN3O2. The maximum Gasteiger partial charge on any atom is 0.300 e. The molecule has 1 aromatic carbocycles. The number of nitrogens with zero attached hydrogens (tertiary/aromatic N) is 3. The lowest BCUT2D eigenvalue weighted by Crippen LogP contribution is -2.44. The first kappa shape index (κ1) is 16.5. The van der Waals surface area contributed by atoms with Crippen LogP contribution < -0.4 is 0 Å². The fourth-order valence-electron chi connectivity index (χ4n) is 2.79. The number of benzene rings is 1. The van der Waals surface area contributed by atoms with E-state index in [0.29, 0.717) is 23.1 Å². The third-order valence-electron chi connectivity index (χ3n) is 4.06. The van der Waals surface area contributed by atoms with Gasteiger partial charge in [-0.15, -0.1) is 0 Å². The van der Waals surface area contributed by atoms with Crippen molar-refractivity contribution in [3.05, 3.63) is 58.9 Å². The van der Waals surface area contributed by atoms with E-state index in [9.17, 15) is 4.79 Å². The molecule has 1 aliphatic rings. The van der Waals surface area contributed by atoms with Gasteiger partial charge in [-0.1, -0.05) is 41.9 Å². The maximum atomic E-state index is 11.9. The molecule has 0 bridgehead atoms. The molecule has 2 aromatic rings. The highest BCUT2D eigenvalue weighted by atomic mass is 35.5. The summed E-state index contributed by atoms with van der Waals surface area (Å²) >= 11 is 6.09. The molecule has 6 heteroatoms. The Morgan fingerprint density at radius 2 is 1.96 bits per heavy atom. The zero-order valence-corrected chi connectivity index (χ0v) is 14.5. The number of halogens is 1. The molecule has 0 saturated heterocycles. The zero-order valence-electron chi connectivity index (χ0n) is 13.8. The van der Waals surface area contributed by atoms with E-state index in [4.69, 9.17) is 16.3 Å². The molecule has 0 aliphatic carbocycles. The Hall–Kier alpha value is -2.40. The number of amidine groups is 1. The van der Waals surface area contributed by atoms with Gasteiger partial charge in [-0.05, 0) is 26.0 Å². The molecule has 1 aliphatic heterocycles. The van der Waals surface area contributed by atoms with E-state index >= 15 is 0 Å². The third-order valence-corrected chi connectivity index (χ3v) is 4.27. The Labute approximate surface area is 145 Å². The standard InChI is InChI=1S/C18H18ClN3O2/c1-4-22(12(2)23)17-20-14-10-11-15(19)21-16(14)18(3,24-17)13-8-6-5-7-9-13/h5-11H,4H2,1-3H3. The van der Waals surface area contributed by atoms with Gasteiger partial charge < -0.3 is 4.74 Å². The van der Waals surface area contributed by atoms with Crippen LogP contribution in [0.4, 0.5) is 5.69 Å². The lowest BCUT2D eigenvalue weighted by Gasteiger charge is -2.37. The number of pyridine rings is 1. The number of ether oxygens (including phenoxy) is 1. The molecule has 3 rings (SSSR count). The summed E-state index contributed by atoms with van der Waals surface area (Å²) in [7, 11) is 0. The molecule has 1 atom stereocenters. The normalized spacial score (nSPS) is 19.1. The van der Waals surface area contributed by atoms with Crippen molar-refractivity contribution in [2.45, 2.75) is 26.4 Å². The van der Waals surface area contributed by atoms with Gasteiger partial charge in [-0.2, -0.15) is 4.99 Å². The summed E-state index contributed by atoms with van der Waals surface area (Å²) in [5, 5.41) is 0.372. The Bertz CT molecular complexity index is 807. The number of aromatic nitrogens is 1. The van der Waals surface area contributed by atoms with Crippen LogP contribution in [0.5, 0.6) is 0 Å². The first-order valence-corrected chi connectivity index (χ1v) is 8.12. The number of hydrogen-bond donors (Lipinski definition) is 0. The lowest BCUT2D eigenvalue weighted by atomic mass is 9.90. The summed E-state index contributed by atoms with van der Waals surface area (Å²) in [5.41, 5.74) is 1.30. The number of carbonyl (C=O) groups excluding carboxylic acids is 1. The van der Waals surface area contributed by atoms with Crippen LogP contribution in [-0.4, -0.2) is 28.4 Å². The monoisotopic (exact) mass is 343 g/mol. The van der Waals surface area contributed by atoms with E-state index in [1.807, 2.05) is 44.2 Å². The van der Waals surface area contributed by atoms with E-state index < -0.39 is 5.60 Å². The van der Waals surface area contributed by atoms with Gasteiger partial charge in [-0.25, -0.2) is 4.98 Å². The van der Waals surface area contributed by atoms with Crippen LogP contribution in [0.2, 0.25) is 5.15 Å². The number of aliphatic imine (C=N–C) groups is 1. The van der Waals surface area contributed by atoms with Crippen LogP contribution in [0.15, 0.2) is 47.5 Å². The molecule has 5 nitrogen and oxygen atoms in total. The molecule has 1 aromatic heterocycles. The van der Waals surface area contributed by atoms with E-state index in [0.717, 1.165) is 5.56 Å². The van der Waals surface area contributed by atoms with Crippen molar-refractivity contribution < 1.29 is 9.53 Å². The van der Waals surface area contributed by atoms with Crippen LogP contribution in [-0.2, 0) is 15.1 Å². The Balaban J connectivity index is 2.20. The summed E-state index contributed by atoms with van der Waals surface area (Å²) in [4.78, 5) is 22.3. The molecule has 2 heterocycles. The number of rotatable bonds is 2. The lowest BCUT2D eigenvalue weighted by molar-refractivity contribution is -0.126. The molecule has 0 radical (unpaired) electrons. The van der Waals surface area contributed by atoms with Gasteiger partial charge in [0.2, 0.25) is 5.91 Å². The molecular weight excluding hydrogens is 326 g/mol. The van der Waals surface area contributed by atoms with Gasteiger partial charge in [0, 0.05) is 19.0 Å². The highest BCUT2D eigenvalue weighted by molar-refractivity contribution is 6.29. The highest BCUT2D eigenvalue weighted by Gasteiger charge is 2.41. The Morgan fingerprint density at radius 1 is 1.25 bits per heavy atom. The average molecular weight is 344 g/mol. The second-order valence-corrected chi connectivity index (χ2v) is 6.05. The van der Waals surface area contributed by atoms with Crippen molar-refractivity contribution in [3.63, 3.8) is 0 Å². The van der Waals surface area contributed by atoms with Crippen LogP contribution in [0, 0.1) is 0 Å². The number of fused-ring (bicyclic) bond motifs is 1. The van der Waals surface area contributed by atoms with Gasteiger partial charge in [0.1, 0.15) is 10.8 Å². The molecule has 0 fully saturated rings. The van der Waals surface area contributed by atoms with Crippen molar-refractivity contribution in [1.29, 1.82) is 0 Å². The van der Waals surface area contributed by atoms with Crippen LogP contribution >= 0.6 is 11.6 Å². The third kappa shape index (κ3) is 2.76. The zero-order chi connectivity index (χ0) is 17.3. The highest BCUT2D eigenvalue weighted by Crippen LogP contribution is 2.42. The topological polar surface area (TPSA) is 54.8 Å². The van der Waals surface area contributed by atoms with Gasteiger partial charge in [0.25, 0.3) is 0 Å². The number of carbonyl (C=O) groups is 1. The van der Waals surface area contributed by atoms with E-state index in [1.165, 1.54) is 11.8 Å². The van der Waals surface area contributed by atoms with Crippen molar-refractivity contribution in [2.24, 2.45) is 4.99 Å². The molecule has 1 unspecified atom stereocenters. The van der Waals surface area contributed by atoms with Gasteiger partial charge >= 0.3 is 6.02 Å². The summed E-state index contributed by atoms with van der Waals surface area (Å²) in [6.45, 7) is 5.75. The van der Waals surface area contributed by atoms with E-state index in [2.05, 4.69) is 9.98 Å². The molecule has 0 N–H and O–H groups in total. The second-order valence-electron chi connectivity index (χ2n) is 5.66. The average Bonchev–Trinajstić information content (AvgIpc) is 2.57. The Morgan fingerprint density at radius 3 is 2.58 bits per heavy atom. The SMILES string of the molecule is CCN(C(C)=O)C1=Nc2ccc(Cl)nc2C(C)(c2ccccc2)O1. The van der Waals surface area contributed by atoms with Crippen LogP contribution in [0.1, 0.15) is 32.0 Å². The molecule has 0 saturated carbocycles. The van der Waals surface area contributed by atoms with E-state index in [-0.39, 0.29) is 11.9 Å². The van der Waals surface area contributed by atoms with Gasteiger partial charge in [0.15, 0.2) is 5.60 Å². The molecule has 24 heavy (non-hydrogen) atoms. The first-order valence-electron chi connectivity index (χ1n) is 7.74. The number of amides is 1. The van der Waals surface area contributed by atoms with Crippen LogP contribution in [0.3, 0.4) is 0 Å². The Kier molecular flexibility index (Phi) is 4.28. The quantitative estimate of drug-likeness (QED) is 0.777. The summed E-state index contributed by atoms with van der Waals surface area (Å²) in [6, 6.07) is 13.5. The predicted octanol–water partition coefficient (Wildman–Crippen LogP) is 3.88. The largest absolute Gasteiger partial charge is 0.447 e. The van der Waals surface area contributed by atoms with Crippen molar-refractivity contribution in [3.8, 4) is 0 Å². The summed E-state index contributed by atoms with van der Waals surface area (Å²) < 4.78 is 6.19. The number of hydrogen-bond acceptors (Lipinski definition) is 4. The van der Waals surface area contributed by atoms with Gasteiger partial charge in [0.05, 0.1) is 5.69 Å². The maximum absolute atomic E-state index is 11.9. The van der Waals surface area contributed by atoms with Crippen molar-refractivity contribution in [1.82, 2.24) is 9.88 Å². The molecule has 1 amide bonds. The van der Waals surface area contributed by atoms with Gasteiger partial charge in [-0.3, -0.25) is 9.69 Å². The summed E-state index contributed by atoms with van der Waals surface area (Å²) in [5.74, 6) is -0.128. The molecule has 0 spiro atoms. The first-order chi connectivity index (χ1) is 11.5. The predicted molar refractivity (Wildman–Crippen MR) is 93.4 cm³/mol. The fraction of sp³-hybridized carbons (Fsp3) is 0.278.